The molecule has 0 amide bonds. The average Bonchev–Trinajstić information content (AvgIpc) is 2.92. The monoisotopic (exact) mass is 355 g/mol. The molecule has 1 nitrogen and oxygen atoms in total. The van der Waals surface area contributed by atoms with Gasteiger partial charge in [-0.05, 0) is 24.0 Å². The molecule has 1 aliphatic carbocycles. The minimum Gasteiger partial charge on any atom is -0.236 e. The Morgan fingerprint density at radius 1 is 1.05 bits per heavy atom. The second-order valence-corrected chi connectivity index (χ2v) is 7.40. The molecule has 0 N–H and O–H groups in total. The van der Waals surface area contributed by atoms with Crippen LogP contribution in [0.25, 0.3) is 21.8 Å². The highest BCUT2D eigenvalue weighted by molar-refractivity contribution is 9.10. The zero-order valence-corrected chi connectivity index (χ0v) is 14.0. The Morgan fingerprint density at radius 2 is 1.76 bits per heavy atom. The number of thiazole rings is 1. The summed E-state index contributed by atoms with van der Waals surface area (Å²) < 4.78 is 1.11. The van der Waals surface area contributed by atoms with Crippen molar-refractivity contribution in [3.63, 3.8) is 0 Å². The number of hydrogen-bond donors (Lipinski definition) is 0. The Balaban J connectivity index is 1.90. The fourth-order valence-electron chi connectivity index (χ4n) is 2.98. The Kier molecular flexibility index (Phi) is 3.20. The third kappa shape index (κ3) is 2.16. The summed E-state index contributed by atoms with van der Waals surface area (Å²) >= 11 is 5.47. The highest BCUT2D eigenvalue weighted by Gasteiger charge is 2.25. The molecule has 0 saturated heterocycles. The molecular formula is C18H14BrNS. The molecule has 104 valence electrons. The van der Waals surface area contributed by atoms with Crippen molar-refractivity contribution in [3.05, 3.63) is 63.4 Å². The third-order valence-electron chi connectivity index (χ3n) is 4.04. The molecular weight excluding hydrogens is 342 g/mol. The van der Waals surface area contributed by atoms with E-state index in [1.54, 1.807) is 0 Å². The number of hydrogen-bond acceptors (Lipinski definition) is 2. The second-order valence-electron chi connectivity index (χ2n) is 5.46. The summed E-state index contributed by atoms with van der Waals surface area (Å²) in [5.74, 6) is 0.571. The van der Waals surface area contributed by atoms with Gasteiger partial charge in [0.15, 0.2) is 0 Å². The Bertz CT molecular complexity index is 822. The van der Waals surface area contributed by atoms with Gasteiger partial charge in [-0.2, -0.15) is 0 Å². The van der Waals surface area contributed by atoms with Crippen LogP contribution >= 0.6 is 27.3 Å². The van der Waals surface area contributed by atoms with Crippen LogP contribution in [0.2, 0.25) is 0 Å². The molecule has 21 heavy (non-hydrogen) atoms. The van der Waals surface area contributed by atoms with Crippen LogP contribution in [0.3, 0.4) is 0 Å². The van der Waals surface area contributed by atoms with Gasteiger partial charge in [0, 0.05) is 20.5 Å². The molecule has 1 atom stereocenters. The SMILES string of the molecule is CC1Cc2sc(-c3ccccc3Br)nc2-c2ccccc21. The lowest BCUT2D eigenvalue weighted by molar-refractivity contribution is 0.757. The predicted molar refractivity (Wildman–Crippen MR) is 92.8 cm³/mol. The fraction of sp³-hybridized carbons (Fsp3) is 0.167. The average molecular weight is 356 g/mol. The minimum atomic E-state index is 0.571. The van der Waals surface area contributed by atoms with Gasteiger partial charge in [-0.3, -0.25) is 0 Å². The summed E-state index contributed by atoms with van der Waals surface area (Å²) in [4.78, 5) is 6.36. The fourth-order valence-corrected chi connectivity index (χ4v) is 4.83. The molecule has 0 aliphatic heterocycles. The van der Waals surface area contributed by atoms with Crippen LogP contribution < -0.4 is 0 Å². The second kappa shape index (κ2) is 5.08. The van der Waals surface area contributed by atoms with Gasteiger partial charge in [0.1, 0.15) is 5.01 Å². The number of rotatable bonds is 1. The van der Waals surface area contributed by atoms with Gasteiger partial charge in [0.2, 0.25) is 0 Å². The van der Waals surface area contributed by atoms with Crippen LogP contribution in [0.4, 0.5) is 0 Å². The van der Waals surface area contributed by atoms with Crippen molar-refractivity contribution in [1.82, 2.24) is 4.98 Å². The molecule has 0 bridgehead atoms. The third-order valence-corrected chi connectivity index (χ3v) is 5.84. The first kappa shape index (κ1) is 13.2. The van der Waals surface area contributed by atoms with Crippen molar-refractivity contribution < 1.29 is 0 Å². The van der Waals surface area contributed by atoms with Crippen LogP contribution in [0.15, 0.2) is 53.0 Å². The van der Waals surface area contributed by atoms with Crippen LogP contribution in [0.1, 0.15) is 23.3 Å². The van der Waals surface area contributed by atoms with Crippen LogP contribution in [0.5, 0.6) is 0 Å². The summed E-state index contributed by atoms with van der Waals surface area (Å²) in [6.45, 7) is 2.31. The first-order valence-corrected chi connectivity index (χ1v) is 8.69. The van der Waals surface area contributed by atoms with Gasteiger partial charge in [0.25, 0.3) is 0 Å². The van der Waals surface area contributed by atoms with E-state index < -0.39 is 0 Å². The summed E-state index contributed by atoms with van der Waals surface area (Å²) in [5, 5.41) is 1.11. The van der Waals surface area contributed by atoms with E-state index in [1.807, 2.05) is 17.4 Å². The molecule has 0 saturated carbocycles. The van der Waals surface area contributed by atoms with Crippen molar-refractivity contribution in [2.75, 3.05) is 0 Å². The molecule has 0 fully saturated rings. The number of nitrogens with zero attached hydrogens (tertiary/aromatic N) is 1. The number of aromatic nitrogens is 1. The highest BCUT2D eigenvalue weighted by atomic mass is 79.9. The van der Waals surface area contributed by atoms with Gasteiger partial charge >= 0.3 is 0 Å². The standard InChI is InChI=1S/C18H14BrNS/c1-11-10-16-17(13-7-3-2-6-12(11)13)20-18(21-16)14-8-4-5-9-15(14)19/h2-9,11H,10H2,1H3. The smallest absolute Gasteiger partial charge is 0.125 e. The molecule has 1 unspecified atom stereocenters. The minimum absolute atomic E-state index is 0.571. The van der Waals surface area contributed by atoms with Crippen LogP contribution in [-0.4, -0.2) is 4.98 Å². The van der Waals surface area contributed by atoms with Crippen molar-refractivity contribution in [3.8, 4) is 21.8 Å². The highest BCUT2D eigenvalue weighted by Crippen LogP contribution is 2.44. The summed E-state index contributed by atoms with van der Waals surface area (Å²) in [7, 11) is 0. The molecule has 3 heteroatoms. The van der Waals surface area contributed by atoms with Gasteiger partial charge in [0.05, 0.1) is 5.69 Å². The zero-order valence-electron chi connectivity index (χ0n) is 11.6. The van der Waals surface area contributed by atoms with Crippen molar-refractivity contribution >= 4 is 27.3 Å². The van der Waals surface area contributed by atoms with Crippen LogP contribution in [-0.2, 0) is 6.42 Å². The summed E-state index contributed by atoms with van der Waals surface area (Å²) in [6.07, 6.45) is 1.09. The van der Waals surface area contributed by atoms with Gasteiger partial charge in [-0.25, -0.2) is 4.98 Å². The van der Waals surface area contributed by atoms with Gasteiger partial charge < -0.3 is 0 Å². The lowest BCUT2D eigenvalue weighted by Crippen LogP contribution is -2.06. The molecule has 1 aromatic heterocycles. The van der Waals surface area contributed by atoms with E-state index in [1.165, 1.54) is 27.3 Å². The maximum atomic E-state index is 4.95. The van der Waals surface area contributed by atoms with E-state index in [0.29, 0.717) is 5.92 Å². The Hall–Kier alpha value is -1.45. The van der Waals surface area contributed by atoms with E-state index in [2.05, 4.69) is 65.3 Å². The molecule has 4 rings (SSSR count). The number of halogens is 1. The molecule has 2 aromatic carbocycles. The zero-order chi connectivity index (χ0) is 14.4. The van der Waals surface area contributed by atoms with Crippen molar-refractivity contribution in [1.29, 1.82) is 0 Å². The van der Waals surface area contributed by atoms with E-state index in [4.69, 9.17) is 4.98 Å². The number of fused-ring (bicyclic) bond motifs is 3. The maximum absolute atomic E-state index is 4.95. The van der Waals surface area contributed by atoms with Crippen molar-refractivity contribution in [2.45, 2.75) is 19.3 Å². The van der Waals surface area contributed by atoms with Crippen molar-refractivity contribution in [2.24, 2.45) is 0 Å². The van der Waals surface area contributed by atoms with E-state index >= 15 is 0 Å². The van der Waals surface area contributed by atoms with Gasteiger partial charge in [-0.1, -0.05) is 65.3 Å². The Labute approximate surface area is 136 Å². The topological polar surface area (TPSA) is 12.9 Å². The van der Waals surface area contributed by atoms with E-state index in [9.17, 15) is 0 Å². The quantitative estimate of drug-likeness (QED) is 0.529. The molecule has 0 spiro atoms. The largest absolute Gasteiger partial charge is 0.236 e. The maximum Gasteiger partial charge on any atom is 0.125 e. The number of benzene rings is 2. The first-order valence-electron chi connectivity index (χ1n) is 7.08. The summed E-state index contributed by atoms with van der Waals surface area (Å²) in [6, 6.07) is 17.0. The van der Waals surface area contributed by atoms with Gasteiger partial charge in [-0.15, -0.1) is 11.3 Å². The lowest BCUT2D eigenvalue weighted by Gasteiger charge is -2.21. The first-order chi connectivity index (χ1) is 10.2. The van der Waals surface area contributed by atoms with E-state index in [0.717, 1.165) is 15.9 Å². The van der Waals surface area contributed by atoms with E-state index in [-0.39, 0.29) is 0 Å². The molecule has 1 aliphatic rings. The molecule has 0 radical (unpaired) electrons. The molecule has 1 heterocycles. The summed E-state index contributed by atoms with van der Waals surface area (Å²) in [5.41, 5.74) is 5.09. The molecule has 3 aromatic rings. The predicted octanol–water partition coefficient (Wildman–Crippen LogP) is 5.90. The van der Waals surface area contributed by atoms with Crippen LogP contribution in [0, 0.1) is 0 Å². The Morgan fingerprint density at radius 3 is 2.57 bits per heavy atom. The normalized spacial score (nSPS) is 16.4. The lowest BCUT2D eigenvalue weighted by atomic mass is 9.86.